The van der Waals surface area contributed by atoms with E-state index in [0.717, 1.165) is 25.2 Å². The first-order valence-corrected chi connectivity index (χ1v) is 7.68. The highest BCUT2D eigenvalue weighted by atomic mass is 35.5. The summed E-state index contributed by atoms with van der Waals surface area (Å²) < 4.78 is 0. The van der Waals surface area contributed by atoms with Crippen molar-refractivity contribution < 1.29 is 0 Å². The Balaban J connectivity index is 1.89. The molecule has 2 fully saturated rings. The lowest BCUT2D eigenvalue weighted by atomic mass is 9.98. The van der Waals surface area contributed by atoms with Crippen LogP contribution in [0, 0.1) is 11.3 Å². The van der Waals surface area contributed by atoms with Gasteiger partial charge in [0.05, 0.1) is 5.56 Å². The Kier molecular flexibility index (Phi) is 3.82. The number of hydrogen-bond acceptors (Lipinski definition) is 4. The van der Waals surface area contributed by atoms with Crippen molar-refractivity contribution in [3.8, 4) is 6.07 Å². The second kappa shape index (κ2) is 5.59. The number of anilines is 1. The van der Waals surface area contributed by atoms with Crippen LogP contribution >= 0.6 is 11.6 Å². The predicted molar refractivity (Wildman–Crippen MR) is 79.9 cm³/mol. The molecule has 5 heteroatoms. The first-order valence-electron chi connectivity index (χ1n) is 7.30. The summed E-state index contributed by atoms with van der Waals surface area (Å²) in [6.07, 6.45) is 6.51. The molecule has 1 N–H and O–H groups in total. The maximum atomic E-state index is 9.11. The molecule has 106 valence electrons. The molecule has 3 rings (SSSR count). The molecule has 1 aromatic rings. The average molecular weight is 291 g/mol. The van der Waals surface area contributed by atoms with Gasteiger partial charge >= 0.3 is 0 Å². The first kappa shape index (κ1) is 13.7. The van der Waals surface area contributed by atoms with Gasteiger partial charge in [-0.05, 0) is 38.7 Å². The molecule has 0 aliphatic carbocycles. The van der Waals surface area contributed by atoms with Crippen molar-refractivity contribution in [1.82, 2.24) is 10.3 Å². The van der Waals surface area contributed by atoms with Crippen LogP contribution in [0.5, 0.6) is 0 Å². The SMILES string of the molecule is CCN(c1nccc(C#N)c1Cl)C1CC2CCC(C1)N2. The second-order valence-corrected chi connectivity index (χ2v) is 6.03. The van der Waals surface area contributed by atoms with Gasteiger partial charge < -0.3 is 10.2 Å². The van der Waals surface area contributed by atoms with Crippen molar-refractivity contribution in [2.45, 2.75) is 50.7 Å². The molecule has 0 aromatic carbocycles. The Hall–Kier alpha value is -1.31. The smallest absolute Gasteiger partial charge is 0.148 e. The Bertz CT molecular complexity index is 527. The highest BCUT2D eigenvalue weighted by Gasteiger charge is 2.36. The van der Waals surface area contributed by atoms with Crippen LogP contribution in [0.3, 0.4) is 0 Å². The molecule has 20 heavy (non-hydrogen) atoms. The summed E-state index contributed by atoms with van der Waals surface area (Å²) in [4.78, 5) is 6.70. The molecular formula is C15H19ClN4. The number of pyridine rings is 1. The summed E-state index contributed by atoms with van der Waals surface area (Å²) in [5, 5.41) is 13.3. The van der Waals surface area contributed by atoms with Gasteiger partial charge in [0.2, 0.25) is 0 Å². The molecule has 2 unspecified atom stereocenters. The van der Waals surface area contributed by atoms with Gasteiger partial charge in [-0.25, -0.2) is 4.98 Å². The van der Waals surface area contributed by atoms with E-state index in [4.69, 9.17) is 16.9 Å². The van der Waals surface area contributed by atoms with Gasteiger partial charge in [-0.1, -0.05) is 11.6 Å². The van der Waals surface area contributed by atoms with Gasteiger partial charge in [0.25, 0.3) is 0 Å². The highest BCUT2D eigenvalue weighted by Crippen LogP contribution is 2.34. The molecule has 0 radical (unpaired) electrons. The minimum absolute atomic E-state index is 0.470. The van der Waals surface area contributed by atoms with Crippen LogP contribution in [0.4, 0.5) is 5.82 Å². The summed E-state index contributed by atoms with van der Waals surface area (Å²) in [5.74, 6) is 0.763. The van der Waals surface area contributed by atoms with Crippen molar-refractivity contribution in [2.24, 2.45) is 0 Å². The van der Waals surface area contributed by atoms with Crippen LogP contribution in [-0.2, 0) is 0 Å². The van der Waals surface area contributed by atoms with Crippen molar-refractivity contribution in [1.29, 1.82) is 5.26 Å². The fraction of sp³-hybridized carbons (Fsp3) is 0.600. The fourth-order valence-electron chi connectivity index (χ4n) is 3.58. The molecule has 0 spiro atoms. The molecule has 2 aliphatic rings. The van der Waals surface area contributed by atoms with Crippen LogP contribution < -0.4 is 10.2 Å². The quantitative estimate of drug-likeness (QED) is 0.930. The molecule has 0 saturated carbocycles. The number of piperidine rings is 1. The monoisotopic (exact) mass is 290 g/mol. The Morgan fingerprint density at radius 3 is 2.75 bits per heavy atom. The molecule has 1 aromatic heterocycles. The van der Waals surface area contributed by atoms with Crippen LogP contribution in [0.15, 0.2) is 12.3 Å². The lowest BCUT2D eigenvalue weighted by molar-refractivity contribution is 0.348. The third-order valence-electron chi connectivity index (χ3n) is 4.49. The number of halogens is 1. The summed E-state index contributed by atoms with van der Waals surface area (Å²) in [6.45, 7) is 2.99. The van der Waals surface area contributed by atoms with E-state index >= 15 is 0 Å². The number of aromatic nitrogens is 1. The summed E-state index contributed by atoms with van der Waals surface area (Å²) in [6, 6.07) is 5.54. The van der Waals surface area contributed by atoms with Gasteiger partial charge in [0, 0.05) is 30.9 Å². The van der Waals surface area contributed by atoms with Crippen molar-refractivity contribution in [3.05, 3.63) is 22.8 Å². The van der Waals surface area contributed by atoms with Crippen molar-refractivity contribution in [2.75, 3.05) is 11.4 Å². The van der Waals surface area contributed by atoms with Gasteiger partial charge in [0.15, 0.2) is 0 Å². The Morgan fingerprint density at radius 1 is 1.45 bits per heavy atom. The van der Waals surface area contributed by atoms with Gasteiger partial charge in [-0.15, -0.1) is 0 Å². The summed E-state index contributed by atoms with van der Waals surface area (Å²) in [5.41, 5.74) is 0.507. The van der Waals surface area contributed by atoms with Crippen LogP contribution in [-0.4, -0.2) is 29.7 Å². The number of nitrogens with one attached hydrogen (secondary N) is 1. The molecular weight excluding hydrogens is 272 g/mol. The van der Waals surface area contributed by atoms with E-state index in [1.165, 1.54) is 12.8 Å². The largest absolute Gasteiger partial charge is 0.353 e. The summed E-state index contributed by atoms with van der Waals surface area (Å²) in [7, 11) is 0. The van der Waals surface area contributed by atoms with Gasteiger partial charge in [-0.2, -0.15) is 5.26 Å². The highest BCUT2D eigenvalue weighted by molar-refractivity contribution is 6.34. The molecule has 2 saturated heterocycles. The normalized spacial score (nSPS) is 28.1. The third kappa shape index (κ3) is 2.36. The van der Waals surface area contributed by atoms with Gasteiger partial charge in [0.1, 0.15) is 16.9 Å². The minimum Gasteiger partial charge on any atom is -0.353 e. The maximum Gasteiger partial charge on any atom is 0.148 e. The second-order valence-electron chi connectivity index (χ2n) is 5.66. The van der Waals surface area contributed by atoms with E-state index in [1.807, 2.05) is 0 Å². The Labute approximate surface area is 124 Å². The van der Waals surface area contributed by atoms with Crippen LogP contribution in [0.25, 0.3) is 0 Å². The van der Waals surface area contributed by atoms with E-state index in [-0.39, 0.29) is 0 Å². The van der Waals surface area contributed by atoms with Crippen molar-refractivity contribution in [3.63, 3.8) is 0 Å². The molecule has 4 nitrogen and oxygen atoms in total. The third-order valence-corrected chi connectivity index (χ3v) is 4.87. The lowest BCUT2D eigenvalue weighted by Gasteiger charge is -2.38. The zero-order valence-electron chi connectivity index (χ0n) is 11.6. The number of fused-ring (bicyclic) bond motifs is 2. The topological polar surface area (TPSA) is 52.0 Å². The molecule has 3 heterocycles. The summed E-state index contributed by atoms with van der Waals surface area (Å²) >= 11 is 6.35. The average Bonchev–Trinajstić information content (AvgIpc) is 2.80. The van der Waals surface area contributed by atoms with E-state index in [0.29, 0.717) is 28.7 Å². The predicted octanol–water partition coefficient (Wildman–Crippen LogP) is 2.72. The molecule has 2 aliphatic heterocycles. The van der Waals surface area contributed by atoms with E-state index in [1.54, 1.807) is 12.3 Å². The molecule has 0 amide bonds. The Morgan fingerprint density at radius 2 is 2.15 bits per heavy atom. The van der Waals surface area contributed by atoms with Crippen molar-refractivity contribution >= 4 is 17.4 Å². The minimum atomic E-state index is 0.470. The van der Waals surface area contributed by atoms with E-state index in [2.05, 4.69) is 28.2 Å². The zero-order valence-corrected chi connectivity index (χ0v) is 12.4. The maximum absolute atomic E-state index is 9.11. The number of hydrogen-bond donors (Lipinski definition) is 1. The van der Waals surface area contributed by atoms with Crippen LogP contribution in [0.1, 0.15) is 38.2 Å². The van der Waals surface area contributed by atoms with Gasteiger partial charge in [-0.3, -0.25) is 0 Å². The van der Waals surface area contributed by atoms with Crippen LogP contribution in [0.2, 0.25) is 5.02 Å². The number of nitrogens with zero attached hydrogens (tertiary/aromatic N) is 3. The van der Waals surface area contributed by atoms with E-state index in [9.17, 15) is 0 Å². The zero-order chi connectivity index (χ0) is 14.1. The molecule has 2 bridgehead atoms. The standard InChI is InChI=1S/C15H19ClN4/c1-2-20(13-7-11-3-4-12(8-13)19-11)15-14(16)10(9-17)5-6-18-15/h5-6,11-13,19H,2-4,7-8H2,1H3. The molecule has 2 atom stereocenters. The first-order chi connectivity index (χ1) is 9.72. The number of rotatable bonds is 3. The number of nitriles is 1. The lowest BCUT2D eigenvalue weighted by Crippen LogP contribution is -2.48. The van der Waals surface area contributed by atoms with E-state index < -0.39 is 0 Å². The fourth-order valence-corrected chi connectivity index (χ4v) is 3.84.